The molecule has 9 heavy (non-hydrogen) atoms. The maximum atomic E-state index is 10.3. The Labute approximate surface area is 64.0 Å². The minimum atomic E-state index is -3.02. The predicted octanol–water partition coefficient (Wildman–Crippen LogP) is 0.482. The molecule has 0 aromatic rings. The molecular formula is C4H9BrNO2S. The van der Waals surface area contributed by atoms with E-state index in [4.69, 9.17) is 0 Å². The van der Waals surface area contributed by atoms with E-state index in [1.54, 1.807) is 0 Å². The summed E-state index contributed by atoms with van der Waals surface area (Å²) < 4.78 is 22.9. The molecule has 55 valence electrons. The lowest BCUT2D eigenvalue weighted by Crippen LogP contribution is -2.18. The molecule has 0 unspecified atom stereocenters. The second-order valence-electron chi connectivity index (χ2n) is 1.57. The van der Waals surface area contributed by atoms with Crippen LogP contribution in [0.2, 0.25) is 0 Å². The third-order valence-corrected chi connectivity index (χ3v) is 1.60. The van der Waals surface area contributed by atoms with Crippen LogP contribution >= 0.6 is 15.9 Å². The fraction of sp³-hybridized carbons (Fsp3) is 0.750. The highest BCUT2D eigenvalue weighted by Gasteiger charge is 1.96. The Hall–Kier alpha value is 0.390. The number of hydrogen-bond donors (Lipinski definition) is 1. The van der Waals surface area contributed by atoms with E-state index in [0.717, 1.165) is 11.6 Å². The second kappa shape index (κ2) is 4.24. The monoisotopic (exact) mass is 214 g/mol. The van der Waals surface area contributed by atoms with Gasteiger partial charge in [0.2, 0.25) is 10.0 Å². The van der Waals surface area contributed by atoms with E-state index >= 15 is 0 Å². The lowest BCUT2D eigenvalue weighted by Gasteiger charge is -1.96. The Morgan fingerprint density at radius 2 is 2.22 bits per heavy atom. The summed E-state index contributed by atoms with van der Waals surface area (Å²) in [5, 5.41) is 0.773. The van der Waals surface area contributed by atoms with Crippen molar-refractivity contribution >= 4 is 26.0 Å². The van der Waals surface area contributed by atoms with Gasteiger partial charge in [-0.1, -0.05) is 15.9 Å². The van der Waals surface area contributed by atoms with Crippen molar-refractivity contribution in [2.45, 2.75) is 6.42 Å². The van der Waals surface area contributed by atoms with E-state index in [1.165, 1.54) is 6.54 Å². The average molecular weight is 215 g/mol. The van der Waals surface area contributed by atoms with Gasteiger partial charge < -0.3 is 0 Å². The molecule has 0 saturated carbocycles. The van der Waals surface area contributed by atoms with Crippen LogP contribution < -0.4 is 4.72 Å². The highest BCUT2D eigenvalue weighted by molar-refractivity contribution is 9.09. The largest absolute Gasteiger partial charge is 0.213 e. The second-order valence-corrected chi connectivity index (χ2v) is 4.14. The zero-order chi connectivity index (χ0) is 7.33. The molecule has 0 fully saturated rings. The van der Waals surface area contributed by atoms with Gasteiger partial charge in [-0.2, -0.15) is 0 Å². The van der Waals surface area contributed by atoms with E-state index in [0.29, 0.717) is 6.42 Å². The molecule has 0 bridgehead atoms. The zero-order valence-corrected chi connectivity index (χ0v) is 7.50. The molecule has 0 saturated heterocycles. The number of rotatable bonds is 4. The molecule has 1 N–H and O–H groups in total. The molecule has 0 aromatic heterocycles. The summed E-state index contributed by atoms with van der Waals surface area (Å²) in [5.74, 6) is 0. The minimum absolute atomic E-state index is 0.701. The molecule has 5 heteroatoms. The van der Waals surface area contributed by atoms with Crippen LogP contribution in [-0.4, -0.2) is 20.0 Å². The molecule has 0 rings (SSSR count). The summed E-state index contributed by atoms with van der Waals surface area (Å²) in [6, 6.07) is 0. The third-order valence-electron chi connectivity index (χ3n) is 0.551. The van der Waals surface area contributed by atoms with Crippen molar-refractivity contribution < 1.29 is 8.42 Å². The van der Waals surface area contributed by atoms with Crippen molar-refractivity contribution in [2.24, 2.45) is 0 Å². The third kappa shape index (κ3) is 8.39. The Balaban J connectivity index is 3.30. The van der Waals surface area contributed by atoms with Gasteiger partial charge in [0.15, 0.2) is 0 Å². The predicted molar refractivity (Wildman–Crippen MR) is 40.7 cm³/mol. The summed E-state index contributed by atoms with van der Waals surface area (Å²) >= 11 is 3.15. The van der Waals surface area contributed by atoms with Crippen molar-refractivity contribution in [1.29, 1.82) is 0 Å². The van der Waals surface area contributed by atoms with E-state index in [2.05, 4.69) is 20.7 Å². The average Bonchev–Trinajstić information content (AvgIpc) is 1.63. The lowest BCUT2D eigenvalue weighted by atomic mass is 10.5. The molecule has 0 aliphatic rings. The van der Waals surface area contributed by atoms with E-state index in [9.17, 15) is 8.42 Å². The topological polar surface area (TPSA) is 46.2 Å². The Morgan fingerprint density at radius 1 is 1.67 bits per heavy atom. The Kier molecular flexibility index (Phi) is 4.43. The normalized spacial score (nSPS) is 11.8. The van der Waals surface area contributed by atoms with Crippen molar-refractivity contribution in [2.75, 3.05) is 11.6 Å². The van der Waals surface area contributed by atoms with Crippen LogP contribution in [0.25, 0.3) is 0 Å². The molecule has 0 aliphatic heterocycles. The van der Waals surface area contributed by atoms with Crippen LogP contribution in [0, 0.1) is 6.54 Å². The standard InChI is InChI=1S/C4H9BrNO2S/c1-9(7,8)6-4-2-3-5/h4,6H,2-3H2,1H3. The van der Waals surface area contributed by atoms with Gasteiger partial charge in [-0.25, -0.2) is 13.1 Å². The number of halogens is 1. The van der Waals surface area contributed by atoms with Crippen LogP contribution in [-0.2, 0) is 10.0 Å². The van der Waals surface area contributed by atoms with Crippen molar-refractivity contribution in [3.63, 3.8) is 0 Å². The van der Waals surface area contributed by atoms with Gasteiger partial charge in [0.1, 0.15) is 0 Å². The smallest absolute Gasteiger partial charge is 0.209 e. The van der Waals surface area contributed by atoms with E-state index in [1.807, 2.05) is 0 Å². The zero-order valence-electron chi connectivity index (χ0n) is 5.09. The van der Waals surface area contributed by atoms with Gasteiger partial charge >= 0.3 is 0 Å². The van der Waals surface area contributed by atoms with Gasteiger partial charge in [0.25, 0.3) is 0 Å². The maximum Gasteiger partial charge on any atom is 0.209 e. The SMILES string of the molecule is CS(=O)(=O)N[CH]CCBr. The molecule has 0 heterocycles. The first-order chi connectivity index (χ1) is 4.06. The molecule has 0 atom stereocenters. The molecule has 0 spiro atoms. The summed E-state index contributed by atoms with van der Waals surface area (Å²) in [7, 11) is -3.02. The van der Waals surface area contributed by atoms with E-state index in [-0.39, 0.29) is 0 Å². The van der Waals surface area contributed by atoms with Crippen LogP contribution in [0.3, 0.4) is 0 Å². The Bertz CT molecular complexity index is 154. The van der Waals surface area contributed by atoms with Gasteiger partial charge in [-0.3, -0.25) is 0 Å². The molecule has 0 aromatic carbocycles. The molecule has 1 radical (unpaired) electrons. The first-order valence-electron chi connectivity index (χ1n) is 2.41. The van der Waals surface area contributed by atoms with Gasteiger partial charge in [-0.05, 0) is 6.42 Å². The first kappa shape index (κ1) is 9.39. The summed E-state index contributed by atoms with van der Waals surface area (Å²) in [5.41, 5.74) is 0. The summed E-state index contributed by atoms with van der Waals surface area (Å²) in [6.07, 6.45) is 1.82. The number of nitrogens with one attached hydrogen (secondary N) is 1. The summed E-state index contributed by atoms with van der Waals surface area (Å²) in [6.45, 7) is 1.50. The molecule has 0 aliphatic carbocycles. The van der Waals surface area contributed by atoms with Crippen LogP contribution in [0.15, 0.2) is 0 Å². The highest BCUT2D eigenvalue weighted by Crippen LogP contribution is 1.89. The number of hydrogen-bond acceptors (Lipinski definition) is 2. The van der Waals surface area contributed by atoms with Gasteiger partial charge in [-0.15, -0.1) is 0 Å². The fourth-order valence-electron chi connectivity index (χ4n) is 0.265. The van der Waals surface area contributed by atoms with Crippen LogP contribution in [0.1, 0.15) is 6.42 Å². The van der Waals surface area contributed by atoms with Crippen LogP contribution in [0.4, 0.5) is 0 Å². The van der Waals surface area contributed by atoms with Crippen molar-refractivity contribution in [1.82, 2.24) is 4.72 Å². The quantitative estimate of drug-likeness (QED) is 0.547. The molecular weight excluding hydrogens is 206 g/mol. The minimum Gasteiger partial charge on any atom is -0.213 e. The molecule has 3 nitrogen and oxygen atoms in total. The van der Waals surface area contributed by atoms with Gasteiger partial charge in [0.05, 0.1) is 6.26 Å². The summed E-state index contributed by atoms with van der Waals surface area (Å²) in [4.78, 5) is 0. The fourth-order valence-corrected chi connectivity index (χ4v) is 0.914. The van der Waals surface area contributed by atoms with Crippen LogP contribution in [0.5, 0.6) is 0 Å². The van der Waals surface area contributed by atoms with E-state index < -0.39 is 10.0 Å². The van der Waals surface area contributed by atoms with Gasteiger partial charge in [0, 0.05) is 11.9 Å². The number of sulfonamides is 1. The number of alkyl halides is 1. The maximum absolute atomic E-state index is 10.3. The highest BCUT2D eigenvalue weighted by atomic mass is 79.9. The Morgan fingerprint density at radius 3 is 2.56 bits per heavy atom. The first-order valence-corrected chi connectivity index (χ1v) is 5.42. The van der Waals surface area contributed by atoms with Crippen molar-refractivity contribution in [3.05, 3.63) is 6.54 Å². The van der Waals surface area contributed by atoms with Crippen molar-refractivity contribution in [3.8, 4) is 0 Å². The molecule has 0 amide bonds. The lowest BCUT2D eigenvalue weighted by molar-refractivity contribution is 0.593.